The highest BCUT2D eigenvalue weighted by Crippen LogP contribution is 1.97. The Balaban J connectivity index is 3.45. The molecule has 0 aliphatic heterocycles. The van der Waals surface area contributed by atoms with Crippen molar-refractivity contribution in [3.8, 4) is 12.3 Å². The van der Waals surface area contributed by atoms with Crippen molar-refractivity contribution < 1.29 is 4.21 Å². The van der Waals surface area contributed by atoms with Crippen molar-refractivity contribution >= 4 is 10.8 Å². The molecule has 0 rings (SSSR count). The van der Waals surface area contributed by atoms with E-state index in [0.29, 0.717) is 0 Å². The van der Waals surface area contributed by atoms with Crippen molar-refractivity contribution in [1.82, 2.24) is 5.32 Å². The number of rotatable bonds is 5. The maximum Gasteiger partial charge on any atom is 0.0658 e. The predicted octanol–water partition coefficient (Wildman–Crippen LogP) is 0.755. The van der Waals surface area contributed by atoms with E-state index in [1.165, 1.54) is 0 Å². The van der Waals surface area contributed by atoms with Gasteiger partial charge in [0.15, 0.2) is 0 Å². The highest BCUT2D eigenvalue weighted by Gasteiger charge is 2.05. The van der Waals surface area contributed by atoms with Crippen LogP contribution in [0.5, 0.6) is 0 Å². The third kappa shape index (κ3) is 5.34. The van der Waals surface area contributed by atoms with E-state index in [9.17, 15) is 4.21 Å². The molecule has 0 amide bonds. The average molecular weight is 187 g/mol. The molecule has 0 spiro atoms. The monoisotopic (exact) mass is 187 g/mol. The fourth-order valence-corrected chi connectivity index (χ4v) is 1.18. The second kappa shape index (κ2) is 6.22. The smallest absolute Gasteiger partial charge is 0.0658 e. The van der Waals surface area contributed by atoms with Crippen molar-refractivity contribution in [2.45, 2.75) is 31.6 Å². The van der Waals surface area contributed by atoms with E-state index in [1.807, 2.05) is 13.8 Å². The van der Waals surface area contributed by atoms with Crippen LogP contribution in [0.15, 0.2) is 0 Å². The summed E-state index contributed by atoms with van der Waals surface area (Å²) in [7, 11) is -0.719. The third-order valence-corrected chi connectivity index (χ3v) is 3.19. The van der Waals surface area contributed by atoms with Gasteiger partial charge in [-0.05, 0) is 19.9 Å². The van der Waals surface area contributed by atoms with Crippen LogP contribution < -0.4 is 5.32 Å². The third-order valence-electron chi connectivity index (χ3n) is 1.82. The van der Waals surface area contributed by atoms with E-state index in [-0.39, 0.29) is 11.3 Å². The fourth-order valence-electron chi connectivity index (χ4n) is 0.728. The zero-order valence-electron chi connectivity index (χ0n) is 7.96. The van der Waals surface area contributed by atoms with Crippen molar-refractivity contribution in [3.05, 3.63) is 0 Å². The van der Waals surface area contributed by atoms with E-state index in [2.05, 4.69) is 11.2 Å². The van der Waals surface area contributed by atoms with Crippen LogP contribution in [0.25, 0.3) is 0 Å². The molecule has 0 saturated carbocycles. The van der Waals surface area contributed by atoms with E-state index in [4.69, 9.17) is 6.42 Å². The Morgan fingerprint density at radius 1 is 1.58 bits per heavy atom. The van der Waals surface area contributed by atoms with Gasteiger partial charge >= 0.3 is 0 Å². The molecule has 0 saturated heterocycles. The maximum atomic E-state index is 10.9. The average Bonchev–Trinajstić information content (AvgIpc) is 2.03. The molecule has 0 heterocycles. The Morgan fingerprint density at radius 3 is 2.58 bits per heavy atom. The summed E-state index contributed by atoms with van der Waals surface area (Å²) in [6, 6.07) is 0.113. The second-order valence-corrected chi connectivity index (χ2v) is 4.74. The van der Waals surface area contributed by atoms with E-state index < -0.39 is 10.8 Å². The molecule has 0 aromatic heterocycles. The van der Waals surface area contributed by atoms with Gasteiger partial charge in [0.2, 0.25) is 0 Å². The Labute approximate surface area is 77.6 Å². The lowest BCUT2D eigenvalue weighted by atomic mass is 10.3. The number of terminal acetylenes is 1. The van der Waals surface area contributed by atoms with Crippen molar-refractivity contribution in [2.75, 3.05) is 12.8 Å². The van der Waals surface area contributed by atoms with Crippen LogP contribution in [-0.4, -0.2) is 28.3 Å². The van der Waals surface area contributed by atoms with Gasteiger partial charge in [-0.25, -0.2) is 0 Å². The summed E-state index contributed by atoms with van der Waals surface area (Å²) in [4.78, 5) is 0. The zero-order valence-corrected chi connectivity index (χ0v) is 8.78. The molecule has 12 heavy (non-hydrogen) atoms. The molecule has 0 aliphatic rings. The number of hydrogen-bond acceptors (Lipinski definition) is 2. The standard InChI is InChI=1S/C9H17NOS/c1-5-8(2)10-7-6-9(3)12(4)11/h1,8-10H,6-7H2,2-4H3. The first-order valence-corrected chi connectivity index (χ1v) is 5.71. The van der Waals surface area contributed by atoms with Crippen molar-refractivity contribution in [1.29, 1.82) is 0 Å². The maximum absolute atomic E-state index is 10.9. The van der Waals surface area contributed by atoms with Gasteiger partial charge in [0, 0.05) is 22.3 Å². The van der Waals surface area contributed by atoms with Crippen LogP contribution in [0.2, 0.25) is 0 Å². The van der Waals surface area contributed by atoms with Gasteiger partial charge in [-0.3, -0.25) is 4.21 Å². The normalized spacial score (nSPS) is 17.8. The molecule has 0 aromatic rings. The minimum Gasteiger partial charge on any atom is -0.304 e. The van der Waals surface area contributed by atoms with Crippen molar-refractivity contribution in [3.63, 3.8) is 0 Å². The SMILES string of the molecule is C#CC(C)NCCC(C)S(C)=O. The molecule has 0 aliphatic carbocycles. The van der Waals surface area contributed by atoms with Crippen LogP contribution in [0.1, 0.15) is 20.3 Å². The van der Waals surface area contributed by atoms with Gasteiger partial charge in [0.1, 0.15) is 0 Å². The fraction of sp³-hybridized carbons (Fsp3) is 0.778. The summed E-state index contributed by atoms with van der Waals surface area (Å²) in [5.74, 6) is 2.58. The lowest BCUT2D eigenvalue weighted by Gasteiger charge is -2.10. The molecule has 3 atom stereocenters. The summed E-state index contributed by atoms with van der Waals surface area (Å²) in [6.45, 7) is 4.76. The molecule has 3 heteroatoms. The van der Waals surface area contributed by atoms with Gasteiger partial charge < -0.3 is 5.32 Å². The molecule has 0 bridgehead atoms. The summed E-state index contributed by atoms with van der Waals surface area (Å²) in [5, 5.41) is 3.40. The van der Waals surface area contributed by atoms with Crippen LogP contribution in [0.4, 0.5) is 0 Å². The molecule has 0 radical (unpaired) electrons. The van der Waals surface area contributed by atoms with Gasteiger partial charge in [-0.1, -0.05) is 12.8 Å². The largest absolute Gasteiger partial charge is 0.304 e. The first-order valence-electron chi connectivity index (χ1n) is 4.09. The van der Waals surface area contributed by atoms with Gasteiger partial charge in [0.25, 0.3) is 0 Å². The summed E-state index contributed by atoms with van der Waals surface area (Å²) in [6.07, 6.45) is 7.82. The first-order chi connectivity index (χ1) is 5.57. The van der Waals surface area contributed by atoms with E-state index >= 15 is 0 Å². The zero-order chi connectivity index (χ0) is 9.56. The number of nitrogens with one attached hydrogen (secondary N) is 1. The van der Waals surface area contributed by atoms with Crippen molar-refractivity contribution in [2.24, 2.45) is 0 Å². The number of hydrogen-bond donors (Lipinski definition) is 1. The molecule has 3 unspecified atom stereocenters. The molecular formula is C9H17NOS. The molecule has 2 nitrogen and oxygen atoms in total. The lowest BCUT2D eigenvalue weighted by Crippen LogP contribution is -2.28. The Hall–Kier alpha value is -0.330. The lowest BCUT2D eigenvalue weighted by molar-refractivity contribution is 0.605. The molecule has 1 N–H and O–H groups in total. The Morgan fingerprint density at radius 2 is 2.17 bits per heavy atom. The van der Waals surface area contributed by atoms with Gasteiger partial charge in [0.05, 0.1) is 6.04 Å². The summed E-state index contributed by atoms with van der Waals surface area (Å²) < 4.78 is 10.9. The molecule has 0 aromatic carbocycles. The quantitative estimate of drug-likeness (QED) is 0.644. The van der Waals surface area contributed by atoms with Crippen LogP contribution in [0.3, 0.4) is 0 Å². The topological polar surface area (TPSA) is 29.1 Å². The molecular weight excluding hydrogens is 170 g/mol. The van der Waals surface area contributed by atoms with Crippen LogP contribution >= 0.6 is 0 Å². The molecule has 0 fully saturated rings. The highest BCUT2D eigenvalue weighted by molar-refractivity contribution is 7.84. The minimum absolute atomic E-state index is 0.113. The second-order valence-electron chi connectivity index (χ2n) is 2.94. The molecule has 70 valence electrons. The summed E-state index contributed by atoms with van der Waals surface area (Å²) in [5.41, 5.74) is 0. The Kier molecular flexibility index (Phi) is 6.04. The minimum atomic E-state index is -0.719. The van der Waals surface area contributed by atoms with Crippen LogP contribution in [0, 0.1) is 12.3 Å². The van der Waals surface area contributed by atoms with Gasteiger partial charge in [-0.15, -0.1) is 6.42 Å². The van der Waals surface area contributed by atoms with E-state index in [0.717, 1.165) is 13.0 Å². The highest BCUT2D eigenvalue weighted by atomic mass is 32.2. The van der Waals surface area contributed by atoms with Gasteiger partial charge in [-0.2, -0.15) is 0 Å². The first kappa shape index (κ1) is 11.7. The summed E-state index contributed by atoms with van der Waals surface area (Å²) >= 11 is 0. The Bertz CT molecular complexity index is 185. The van der Waals surface area contributed by atoms with E-state index in [1.54, 1.807) is 6.26 Å². The van der Waals surface area contributed by atoms with Crippen LogP contribution in [-0.2, 0) is 10.8 Å². The predicted molar refractivity (Wildman–Crippen MR) is 54.4 cm³/mol.